The van der Waals surface area contributed by atoms with Gasteiger partial charge in [-0.2, -0.15) is 19.5 Å². The molecule has 2 N–H and O–H groups in total. The van der Waals surface area contributed by atoms with Crippen LogP contribution in [0.2, 0.25) is 10.0 Å². The Labute approximate surface area is 128 Å². The first kappa shape index (κ1) is 13.4. The van der Waals surface area contributed by atoms with E-state index in [1.165, 1.54) is 16.3 Å². The van der Waals surface area contributed by atoms with Crippen molar-refractivity contribution in [2.45, 2.75) is 5.16 Å². The molecule has 0 spiro atoms. The van der Waals surface area contributed by atoms with E-state index in [0.717, 1.165) is 0 Å². The Morgan fingerprint density at radius 3 is 2.75 bits per heavy atom. The second-order valence-electron chi connectivity index (χ2n) is 3.84. The minimum Gasteiger partial charge on any atom is -0.368 e. The van der Waals surface area contributed by atoms with Crippen LogP contribution < -0.4 is 5.73 Å². The van der Waals surface area contributed by atoms with Crippen LogP contribution in [0.3, 0.4) is 0 Å². The summed E-state index contributed by atoms with van der Waals surface area (Å²) in [6, 6.07) is 5.08. The van der Waals surface area contributed by atoms with Crippen molar-refractivity contribution in [3.8, 4) is 11.4 Å². The molecule has 0 fully saturated rings. The van der Waals surface area contributed by atoms with Gasteiger partial charge in [0.1, 0.15) is 0 Å². The number of anilines is 1. The van der Waals surface area contributed by atoms with Crippen LogP contribution in [0.25, 0.3) is 17.2 Å². The van der Waals surface area contributed by atoms with Gasteiger partial charge in [-0.05, 0) is 24.5 Å². The van der Waals surface area contributed by atoms with Crippen molar-refractivity contribution >= 4 is 46.7 Å². The van der Waals surface area contributed by atoms with Gasteiger partial charge in [-0.15, -0.1) is 5.10 Å². The third kappa shape index (κ3) is 2.28. The maximum Gasteiger partial charge on any atom is 0.258 e. The SMILES string of the molecule is CSc1nc(N)n2nc(-c3cc(Cl)ccc3Cl)nc2n1. The number of nitrogen functional groups attached to an aromatic ring is 1. The summed E-state index contributed by atoms with van der Waals surface area (Å²) < 4.78 is 1.37. The molecule has 0 unspecified atom stereocenters. The molecular weight excluding hydrogens is 319 g/mol. The fourth-order valence-corrected chi connectivity index (χ4v) is 2.39. The van der Waals surface area contributed by atoms with Gasteiger partial charge in [-0.1, -0.05) is 35.0 Å². The minimum absolute atomic E-state index is 0.219. The van der Waals surface area contributed by atoms with Crippen LogP contribution in [0, 0.1) is 0 Å². The lowest BCUT2D eigenvalue weighted by Crippen LogP contribution is -2.04. The molecule has 0 aliphatic heterocycles. The number of halogens is 2. The summed E-state index contributed by atoms with van der Waals surface area (Å²) in [4.78, 5) is 12.7. The Bertz CT molecular complexity index is 803. The van der Waals surface area contributed by atoms with Gasteiger partial charge in [0.05, 0.1) is 5.02 Å². The normalized spacial score (nSPS) is 11.2. The van der Waals surface area contributed by atoms with Crippen molar-refractivity contribution in [2.24, 2.45) is 0 Å². The predicted octanol–water partition coefficient (Wildman–Crippen LogP) is 2.80. The summed E-state index contributed by atoms with van der Waals surface area (Å²) in [7, 11) is 0. The highest BCUT2D eigenvalue weighted by molar-refractivity contribution is 7.98. The van der Waals surface area contributed by atoms with Gasteiger partial charge in [-0.3, -0.25) is 0 Å². The number of aromatic nitrogens is 5. The number of nitrogens with zero attached hydrogens (tertiary/aromatic N) is 5. The van der Waals surface area contributed by atoms with E-state index in [9.17, 15) is 0 Å². The first-order valence-electron chi connectivity index (χ1n) is 5.48. The van der Waals surface area contributed by atoms with E-state index >= 15 is 0 Å². The number of fused-ring (bicyclic) bond motifs is 1. The fourth-order valence-electron chi connectivity index (χ4n) is 1.66. The maximum absolute atomic E-state index is 6.14. The number of benzene rings is 1. The van der Waals surface area contributed by atoms with Gasteiger partial charge >= 0.3 is 0 Å². The zero-order valence-corrected chi connectivity index (χ0v) is 12.5. The van der Waals surface area contributed by atoms with E-state index in [0.29, 0.717) is 32.4 Å². The molecule has 0 aliphatic rings. The average molecular weight is 327 g/mol. The highest BCUT2D eigenvalue weighted by Gasteiger charge is 2.14. The van der Waals surface area contributed by atoms with Crippen LogP contribution in [0.15, 0.2) is 23.4 Å². The topological polar surface area (TPSA) is 82.0 Å². The lowest BCUT2D eigenvalue weighted by atomic mass is 10.2. The minimum atomic E-state index is 0.219. The van der Waals surface area contributed by atoms with Gasteiger partial charge in [0.25, 0.3) is 5.78 Å². The van der Waals surface area contributed by atoms with E-state index in [1.54, 1.807) is 18.2 Å². The molecule has 20 heavy (non-hydrogen) atoms. The van der Waals surface area contributed by atoms with Gasteiger partial charge in [0.2, 0.25) is 5.95 Å². The Morgan fingerprint density at radius 1 is 1.20 bits per heavy atom. The Kier molecular flexibility index (Phi) is 3.41. The highest BCUT2D eigenvalue weighted by Crippen LogP contribution is 2.28. The lowest BCUT2D eigenvalue weighted by molar-refractivity contribution is 0.851. The van der Waals surface area contributed by atoms with Crippen LogP contribution in [0.5, 0.6) is 0 Å². The molecule has 3 aromatic rings. The summed E-state index contributed by atoms with van der Waals surface area (Å²) in [6.07, 6.45) is 1.86. The van der Waals surface area contributed by atoms with Crippen LogP contribution in [-0.4, -0.2) is 30.8 Å². The van der Waals surface area contributed by atoms with Crippen molar-refractivity contribution in [2.75, 3.05) is 12.0 Å². The molecule has 1 aromatic carbocycles. The van der Waals surface area contributed by atoms with Gasteiger partial charge < -0.3 is 5.73 Å². The largest absolute Gasteiger partial charge is 0.368 e. The zero-order chi connectivity index (χ0) is 14.3. The third-order valence-corrected chi connectivity index (χ3v) is 3.68. The molecule has 6 nitrogen and oxygen atoms in total. The Morgan fingerprint density at radius 2 is 2.00 bits per heavy atom. The van der Waals surface area contributed by atoms with Crippen molar-refractivity contribution in [3.05, 3.63) is 28.2 Å². The molecule has 0 amide bonds. The number of hydrogen-bond acceptors (Lipinski definition) is 6. The number of thioether (sulfide) groups is 1. The monoisotopic (exact) mass is 326 g/mol. The molecule has 102 valence electrons. The molecule has 0 saturated heterocycles. The zero-order valence-electron chi connectivity index (χ0n) is 10.2. The molecule has 0 atom stereocenters. The van der Waals surface area contributed by atoms with Crippen molar-refractivity contribution in [3.63, 3.8) is 0 Å². The average Bonchev–Trinajstić information content (AvgIpc) is 2.85. The van der Waals surface area contributed by atoms with E-state index in [4.69, 9.17) is 28.9 Å². The molecule has 9 heteroatoms. The number of hydrogen-bond donors (Lipinski definition) is 1. The first-order chi connectivity index (χ1) is 9.58. The number of nitrogens with two attached hydrogens (primary N) is 1. The van der Waals surface area contributed by atoms with Crippen molar-refractivity contribution in [1.29, 1.82) is 0 Å². The predicted molar refractivity (Wildman–Crippen MR) is 80.2 cm³/mol. The van der Waals surface area contributed by atoms with Crippen LogP contribution in [-0.2, 0) is 0 Å². The summed E-state index contributed by atoms with van der Waals surface area (Å²) >= 11 is 13.5. The molecule has 0 radical (unpaired) electrons. The van der Waals surface area contributed by atoms with E-state index in [1.807, 2.05) is 6.26 Å². The molecule has 2 heterocycles. The molecule has 0 saturated carbocycles. The van der Waals surface area contributed by atoms with Gasteiger partial charge in [0, 0.05) is 10.6 Å². The molecular formula is C11H8Cl2N6S. The lowest BCUT2D eigenvalue weighted by Gasteiger charge is -1.99. The molecule has 3 rings (SSSR count). The summed E-state index contributed by atoms with van der Waals surface area (Å²) in [5.74, 6) is 0.987. The third-order valence-electron chi connectivity index (χ3n) is 2.56. The summed E-state index contributed by atoms with van der Waals surface area (Å²) in [6.45, 7) is 0. The van der Waals surface area contributed by atoms with Gasteiger partial charge in [0.15, 0.2) is 11.0 Å². The fraction of sp³-hybridized carbons (Fsp3) is 0.0909. The Balaban J connectivity index is 2.22. The smallest absolute Gasteiger partial charge is 0.258 e. The highest BCUT2D eigenvalue weighted by atomic mass is 35.5. The van der Waals surface area contributed by atoms with Crippen LogP contribution in [0.1, 0.15) is 0 Å². The molecule has 0 aliphatic carbocycles. The first-order valence-corrected chi connectivity index (χ1v) is 7.46. The van der Waals surface area contributed by atoms with E-state index in [2.05, 4.69) is 20.1 Å². The molecule has 2 aromatic heterocycles. The van der Waals surface area contributed by atoms with Crippen LogP contribution >= 0.6 is 35.0 Å². The summed E-state index contributed by atoms with van der Waals surface area (Å²) in [5.41, 5.74) is 6.45. The summed E-state index contributed by atoms with van der Waals surface area (Å²) in [5, 5.41) is 5.85. The van der Waals surface area contributed by atoms with E-state index < -0.39 is 0 Å². The second kappa shape index (κ2) is 5.08. The second-order valence-corrected chi connectivity index (χ2v) is 5.46. The van der Waals surface area contributed by atoms with Crippen LogP contribution in [0.4, 0.5) is 5.95 Å². The number of rotatable bonds is 2. The van der Waals surface area contributed by atoms with Crippen molar-refractivity contribution in [1.82, 2.24) is 24.6 Å². The van der Waals surface area contributed by atoms with Crippen molar-refractivity contribution < 1.29 is 0 Å². The molecule has 0 bridgehead atoms. The standard InChI is InChI=1S/C11H8Cl2N6S/c1-20-11-16-9(14)19-10(17-11)15-8(18-19)6-4-5(12)2-3-7(6)13/h2-4H,1H3,(H2,14,15,16,17,18). The maximum atomic E-state index is 6.14. The van der Waals surface area contributed by atoms with E-state index in [-0.39, 0.29) is 5.95 Å². The quantitative estimate of drug-likeness (QED) is 0.729. The van der Waals surface area contributed by atoms with Gasteiger partial charge in [-0.25, -0.2) is 0 Å². The Hall–Kier alpha value is -1.57.